The highest BCUT2D eigenvalue weighted by Crippen LogP contribution is 2.37. The molecular weight excluding hydrogens is 333 g/mol. The maximum Gasteiger partial charge on any atom is 0.159 e. The standard InChI is InChI=1S/C23H21F3/c1-14-2-4-15(5-3-14)16-6-9-19-17(12-16)7-10-20(23(19)26)18-8-11-21(24)22(25)13-18/h6-15H,2-5H2,1H3. The highest BCUT2D eigenvalue weighted by Gasteiger charge is 2.20. The topological polar surface area (TPSA) is 0 Å². The van der Waals surface area contributed by atoms with Crippen LogP contribution in [0.3, 0.4) is 0 Å². The molecule has 1 aliphatic carbocycles. The van der Waals surface area contributed by atoms with E-state index in [9.17, 15) is 13.2 Å². The number of halogens is 3. The van der Waals surface area contributed by atoms with Gasteiger partial charge in [-0.25, -0.2) is 13.2 Å². The fourth-order valence-electron chi connectivity index (χ4n) is 4.04. The van der Waals surface area contributed by atoms with E-state index >= 15 is 0 Å². The maximum absolute atomic E-state index is 15.0. The minimum Gasteiger partial charge on any atom is -0.206 e. The van der Waals surface area contributed by atoms with Gasteiger partial charge in [-0.3, -0.25) is 0 Å². The first kappa shape index (κ1) is 17.1. The monoisotopic (exact) mass is 354 g/mol. The molecule has 1 aliphatic rings. The molecule has 0 N–H and O–H groups in total. The van der Waals surface area contributed by atoms with Crippen molar-refractivity contribution < 1.29 is 13.2 Å². The first-order chi connectivity index (χ1) is 12.5. The molecule has 0 saturated heterocycles. The molecular formula is C23H21F3. The summed E-state index contributed by atoms with van der Waals surface area (Å²) < 4.78 is 41.6. The molecule has 1 fully saturated rings. The van der Waals surface area contributed by atoms with Crippen LogP contribution in [0.4, 0.5) is 13.2 Å². The summed E-state index contributed by atoms with van der Waals surface area (Å²) in [5.41, 5.74) is 1.90. The minimum atomic E-state index is -0.969. The van der Waals surface area contributed by atoms with Crippen LogP contribution in [0.25, 0.3) is 21.9 Å². The van der Waals surface area contributed by atoms with Crippen molar-refractivity contribution in [1.82, 2.24) is 0 Å². The quantitative estimate of drug-likeness (QED) is 0.456. The van der Waals surface area contributed by atoms with Crippen molar-refractivity contribution >= 4 is 10.8 Å². The Balaban J connectivity index is 1.72. The Hall–Kier alpha value is -2.29. The summed E-state index contributed by atoms with van der Waals surface area (Å²) in [5, 5.41) is 1.37. The Bertz CT molecular complexity index is 953. The maximum atomic E-state index is 15.0. The fraction of sp³-hybridized carbons (Fsp3) is 0.304. The molecule has 0 amide bonds. The zero-order chi connectivity index (χ0) is 18.3. The van der Waals surface area contributed by atoms with E-state index in [0.29, 0.717) is 16.9 Å². The van der Waals surface area contributed by atoms with Crippen molar-refractivity contribution in [2.75, 3.05) is 0 Å². The molecule has 134 valence electrons. The highest BCUT2D eigenvalue weighted by atomic mass is 19.2. The molecule has 0 radical (unpaired) electrons. The zero-order valence-electron chi connectivity index (χ0n) is 14.7. The van der Waals surface area contributed by atoms with Crippen LogP contribution in [0.2, 0.25) is 0 Å². The molecule has 3 heteroatoms. The van der Waals surface area contributed by atoms with Crippen LogP contribution >= 0.6 is 0 Å². The lowest BCUT2D eigenvalue weighted by Crippen LogP contribution is -2.10. The van der Waals surface area contributed by atoms with E-state index in [0.717, 1.165) is 23.4 Å². The average Bonchev–Trinajstić information content (AvgIpc) is 2.65. The van der Waals surface area contributed by atoms with Gasteiger partial charge in [-0.1, -0.05) is 56.2 Å². The highest BCUT2D eigenvalue weighted by molar-refractivity contribution is 5.88. The van der Waals surface area contributed by atoms with E-state index in [1.807, 2.05) is 18.2 Å². The van der Waals surface area contributed by atoms with Gasteiger partial charge in [0.25, 0.3) is 0 Å². The van der Waals surface area contributed by atoms with Gasteiger partial charge in [0.2, 0.25) is 0 Å². The second kappa shape index (κ2) is 6.79. The lowest BCUT2D eigenvalue weighted by molar-refractivity contribution is 0.348. The summed E-state index contributed by atoms with van der Waals surface area (Å²) in [6.07, 6.45) is 4.85. The molecule has 0 nitrogen and oxygen atoms in total. The Morgan fingerprint density at radius 3 is 2.27 bits per heavy atom. The Kier molecular flexibility index (Phi) is 4.47. The summed E-state index contributed by atoms with van der Waals surface area (Å²) in [5.74, 6) is -0.949. The van der Waals surface area contributed by atoms with Gasteiger partial charge in [-0.2, -0.15) is 0 Å². The molecule has 0 aliphatic heterocycles. The van der Waals surface area contributed by atoms with Gasteiger partial charge in [0.1, 0.15) is 5.82 Å². The van der Waals surface area contributed by atoms with Crippen LogP contribution in [-0.2, 0) is 0 Å². The van der Waals surface area contributed by atoms with Crippen LogP contribution in [0.15, 0.2) is 48.5 Å². The van der Waals surface area contributed by atoms with Gasteiger partial charge in [0.05, 0.1) is 0 Å². The smallest absolute Gasteiger partial charge is 0.159 e. The van der Waals surface area contributed by atoms with E-state index in [1.165, 1.54) is 37.3 Å². The van der Waals surface area contributed by atoms with E-state index in [-0.39, 0.29) is 5.56 Å². The van der Waals surface area contributed by atoms with Gasteiger partial charge in [-0.15, -0.1) is 0 Å². The Morgan fingerprint density at radius 1 is 0.769 bits per heavy atom. The van der Waals surface area contributed by atoms with Crippen LogP contribution < -0.4 is 0 Å². The van der Waals surface area contributed by atoms with Crippen LogP contribution in [0.5, 0.6) is 0 Å². The van der Waals surface area contributed by atoms with Gasteiger partial charge in [0.15, 0.2) is 11.6 Å². The number of hydrogen-bond donors (Lipinski definition) is 0. The minimum absolute atomic E-state index is 0.288. The van der Waals surface area contributed by atoms with Crippen LogP contribution in [0, 0.1) is 23.4 Å². The number of hydrogen-bond acceptors (Lipinski definition) is 0. The van der Waals surface area contributed by atoms with Gasteiger partial charge in [0, 0.05) is 10.9 Å². The van der Waals surface area contributed by atoms with E-state index in [4.69, 9.17) is 0 Å². The predicted octanol–water partition coefficient (Wildman–Crippen LogP) is 7.22. The van der Waals surface area contributed by atoms with E-state index in [2.05, 4.69) is 13.0 Å². The molecule has 1 saturated carbocycles. The van der Waals surface area contributed by atoms with Crippen LogP contribution in [0.1, 0.15) is 44.1 Å². The van der Waals surface area contributed by atoms with Crippen molar-refractivity contribution in [2.24, 2.45) is 5.92 Å². The molecule has 0 spiro atoms. The van der Waals surface area contributed by atoms with Gasteiger partial charge in [-0.05, 0) is 53.3 Å². The third kappa shape index (κ3) is 3.11. The van der Waals surface area contributed by atoms with Gasteiger partial charge >= 0.3 is 0 Å². The first-order valence-corrected chi connectivity index (χ1v) is 9.20. The molecule has 4 rings (SSSR count). The second-order valence-electron chi connectivity index (χ2n) is 7.49. The zero-order valence-corrected chi connectivity index (χ0v) is 14.7. The van der Waals surface area contributed by atoms with Crippen molar-refractivity contribution in [2.45, 2.75) is 38.5 Å². The molecule has 0 unspecified atom stereocenters. The lowest BCUT2D eigenvalue weighted by atomic mass is 9.79. The molecule has 3 aromatic rings. The average molecular weight is 354 g/mol. The number of fused-ring (bicyclic) bond motifs is 1. The summed E-state index contributed by atoms with van der Waals surface area (Å²) in [7, 11) is 0. The molecule has 3 aromatic carbocycles. The normalized spacial score (nSPS) is 20.5. The van der Waals surface area contributed by atoms with Crippen molar-refractivity contribution in [3.63, 3.8) is 0 Å². The van der Waals surface area contributed by atoms with Crippen molar-refractivity contribution in [1.29, 1.82) is 0 Å². The third-order valence-corrected chi connectivity index (χ3v) is 5.70. The fourth-order valence-corrected chi connectivity index (χ4v) is 4.04. The first-order valence-electron chi connectivity index (χ1n) is 9.20. The Labute approximate surface area is 151 Å². The SMILES string of the molecule is CC1CCC(c2ccc3c(F)c(-c4ccc(F)c(F)c4)ccc3c2)CC1. The third-order valence-electron chi connectivity index (χ3n) is 5.70. The summed E-state index contributed by atoms with van der Waals surface area (Å²) >= 11 is 0. The molecule has 0 bridgehead atoms. The van der Waals surface area contributed by atoms with Crippen molar-refractivity contribution in [3.8, 4) is 11.1 Å². The summed E-state index contributed by atoms with van der Waals surface area (Å²) in [4.78, 5) is 0. The second-order valence-corrected chi connectivity index (χ2v) is 7.49. The summed E-state index contributed by atoms with van der Waals surface area (Å²) in [6.45, 7) is 2.30. The molecule has 26 heavy (non-hydrogen) atoms. The van der Waals surface area contributed by atoms with E-state index < -0.39 is 17.5 Å². The predicted molar refractivity (Wildman–Crippen MR) is 99.6 cm³/mol. The summed E-state index contributed by atoms with van der Waals surface area (Å²) in [6, 6.07) is 12.9. The largest absolute Gasteiger partial charge is 0.206 e. The molecule has 0 atom stereocenters. The van der Waals surface area contributed by atoms with Crippen LogP contribution in [-0.4, -0.2) is 0 Å². The van der Waals surface area contributed by atoms with Gasteiger partial charge < -0.3 is 0 Å². The van der Waals surface area contributed by atoms with E-state index in [1.54, 1.807) is 6.07 Å². The lowest BCUT2D eigenvalue weighted by Gasteiger charge is -2.26. The van der Waals surface area contributed by atoms with Crippen molar-refractivity contribution in [3.05, 3.63) is 71.5 Å². The molecule has 0 heterocycles. The molecule has 0 aromatic heterocycles. The number of rotatable bonds is 2. The number of benzene rings is 3. The Morgan fingerprint density at radius 2 is 1.54 bits per heavy atom.